The molecule has 4 nitrogen and oxygen atoms in total. The van der Waals surface area contributed by atoms with Crippen LogP contribution in [-0.4, -0.2) is 21.6 Å². The van der Waals surface area contributed by atoms with E-state index in [-0.39, 0.29) is 0 Å². The van der Waals surface area contributed by atoms with Gasteiger partial charge in [-0.15, -0.1) is 0 Å². The summed E-state index contributed by atoms with van der Waals surface area (Å²) in [6.45, 7) is 1.77. The summed E-state index contributed by atoms with van der Waals surface area (Å²) in [4.78, 5) is 8.46. The fraction of sp³-hybridized carbons (Fsp3) is 0.333. The molecule has 0 bridgehead atoms. The summed E-state index contributed by atoms with van der Waals surface area (Å²) in [5.74, 6) is 0. The minimum absolute atomic E-state index is 0.849. The van der Waals surface area contributed by atoms with Crippen LogP contribution in [0.4, 0.5) is 0 Å². The van der Waals surface area contributed by atoms with Gasteiger partial charge in [-0.3, -0.25) is 4.98 Å². The second kappa shape index (κ2) is 5.42. The van der Waals surface area contributed by atoms with Crippen LogP contribution in [-0.2, 0) is 19.5 Å². The molecule has 84 valence electrons. The summed E-state index contributed by atoms with van der Waals surface area (Å²) < 4.78 is 2.16. The summed E-state index contributed by atoms with van der Waals surface area (Å²) in [6.07, 6.45) is 6.54. The minimum atomic E-state index is 0.849. The molecule has 1 N–H and O–H groups in total. The smallest absolute Gasteiger partial charge is 0.0948 e. The quantitative estimate of drug-likeness (QED) is 0.817. The van der Waals surface area contributed by atoms with Crippen molar-refractivity contribution in [1.82, 2.24) is 19.9 Å². The van der Waals surface area contributed by atoms with E-state index in [0.29, 0.717) is 0 Å². The van der Waals surface area contributed by atoms with Gasteiger partial charge in [-0.05, 0) is 19.2 Å². The van der Waals surface area contributed by atoms with Crippen LogP contribution < -0.4 is 5.32 Å². The molecule has 0 amide bonds. The van der Waals surface area contributed by atoms with Crippen LogP contribution in [0, 0.1) is 0 Å². The Hall–Kier alpha value is -1.68. The molecule has 2 aromatic rings. The Morgan fingerprint density at radius 2 is 2.31 bits per heavy atom. The lowest BCUT2D eigenvalue weighted by atomic mass is 10.2. The molecule has 2 heterocycles. The van der Waals surface area contributed by atoms with Crippen LogP contribution >= 0.6 is 0 Å². The zero-order chi connectivity index (χ0) is 11.2. The topological polar surface area (TPSA) is 42.7 Å². The lowest BCUT2D eigenvalue weighted by Crippen LogP contribution is -2.12. The highest BCUT2D eigenvalue weighted by Gasteiger charge is 2.01. The number of nitrogens with zero attached hydrogens (tertiary/aromatic N) is 3. The number of aryl methyl sites for hydroxylation is 2. The SMILES string of the molecule is CNCc1cncn1CCc1ccccn1. The van der Waals surface area contributed by atoms with Gasteiger partial charge in [-0.2, -0.15) is 0 Å². The maximum absolute atomic E-state index is 4.30. The van der Waals surface area contributed by atoms with Crippen molar-refractivity contribution in [3.8, 4) is 0 Å². The molecule has 0 fully saturated rings. The van der Waals surface area contributed by atoms with Gasteiger partial charge in [0.25, 0.3) is 0 Å². The van der Waals surface area contributed by atoms with Crippen molar-refractivity contribution in [1.29, 1.82) is 0 Å². The molecule has 0 aliphatic carbocycles. The number of hydrogen-bond acceptors (Lipinski definition) is 3. The molecule has 4 heteroatoms. The van der Waals surface area contributed by atoms with Crippen molar-refractivity contribution in [3.05, 3.63) is 48.3 Å². The normalized spacial score (nSPS) is 10.6. The van der Waals surface area contributed by atoms with Crippen LogP contribution in [0.5, 0.6) is 0 Å². The predicted octanol–water partition coefficient (Wildman–Crippen LogP) is 1.24. The first-order valence-electron chi connectivity index (χ1n) is 5.43. The Morgan fingerprint density at radius 3 is 3.06 bits per heavy atom. The Kier molecular flexibility index (Phi) is 3.66. The van der Waals surface area contributed by atoms with E-state index >= 15 is 0 Å². The van der Waals surface area contributed by atoms with Crippen molar-refractivity contribution in [2.45, 2.75) is 19.5 Å². The number of pyridine rings is 1. The largest absolute Gasteiger partial charge is 0.333 e. The Bertz CT molecular complexity index is 422. The molecule has 0 aliphatic rings. The average Bonchev–Trinajstić information content (AvgIpc) is 2.76. The monoisotopic (exact) mass is 216 g/mol. The van der Waals surface area contributed by atoms with Gasteiger partial charge in [0, 0.05) is 37.6 Å². The van der Waals surface area contributed by atoms with Gasteiger partial charge in [0.15, 0.2) is 0 Å². The fourth-order valence-corrected chi connectivity index (χ4v) is 1.66. The summed E-state index contributed by atoms with van der Waals surface area (Å²) in [6, 6.07) is 6.01. The molecule has 16 heavy (non-hydrogen) atoms. The summed E-state index contributed by atoms with van der Waals surface area (Å²) in [5, 5.41) is 3.13. The first-order valence-corrected chi connectivity index (χ1v) is 5.43. The third-order valence-electron chi connectivity index (χ3n) is 2.49. The van der Waals surface area contributed by atoms with Gasteiger partial charge < -0.3 is 9.88 Å². The number of imidazole rings is 1. The van der Waals surface area contributed by atoms with Gasteiger partial charge in [0.2, 0.25) is 0 Å². The third-order valence-corrected chi connectivity index (χ3v) is 2.49. The van der Waals surface area contributed by atoms with Gasteiger partial charge in [0.1, 0.15) is 0 Å². The van der Waals surface area contributed by atoms with Crippen molar-refractivity contribution < 1.29 is 0 Å². The average molecular weight is 216 g/mol. The molecule has 0 saturated heterocycles. The molecule has 2 rings (SSSR count). The van der Waals surface area contributed by atoms with Gasteiger partial charge >= 0.3 is 0 Å². The van der Waals surface area contributed by atoms with E-state index in [1.54, 1.807) is 0 Å². The second-order valence-electron chi connectivity index (χ2n) is 3.68. The van der Waals surface area contributed by atoms with E-state index in [2.05, 4.69) is 25.9 Å². The van der Waals surface area contributed by atoms with Crippen molar-refractivity contribution in [2.75, 3.05) is 7.05 Å². The van der Waals surface area contributed by atoms with E-state index in [4.69, 9.17) is 0 Å². The maximum atomic E-state index is 4.30. The maximum Gasteiger partial charge on any atom is 0.0948 e. The predicted molar refractivity (Wildman–Crippen MR) is 62.9 cm³/mol. The highest BCUT2D eigenvalue weighted by molar-refractivity contribution is 5.04. The molecule has 0 aliphatic heterocycles. The van der Waals surface area contributed by atoms with E-state index < -0.39 is 0 Å². The molecule has 0 saturated carbocycles. The summed E-state index contributed by atoms with van der Waals surface area (Å²) in [5.41, 5.74) is 2.32. The third kappa shape index (κ3) is 2.67. The highest BCUT2D eigenvalue weighted by Crippen LogP contribution is 2.02. The summed E-state index contributed by atoms with van der Waals surface area (Å²) in [7, 11) is 1.94. The van der Waals surface area contributed by atoms with Gasteiger partial charge in [0.05, 0.1) is 12.0 Å². The molecular formula is C12H16N4. The van der Waals surface area contributed by atoms with E-state index in [1.165, 1.54) is 5.69 Å². The molecular weight excluding hydrogens is 200 g/mol. The van der Waals surface area contributed by atoms with Crippen LogP contribution in [0.3, 0.4) is 0 Å². The minimum Gasteiger partial charge on any atom is -0.333 e. The second-order valence-corrected chi connectivity index (χ2v) is 3.68. The molecule has 0 aromatic carbocycles. The Morgan fingerprint density at radius 1 is 1.38 bits per heavy atom. The Balaban J connectivity index is 1.97. The lowest BCUT2D eigenvalue weighted by molar-refractivity contribution is 0.631. The van der Waals surface area contributed by atoms with E-state index in [1.807, 2.05) is 37.9 Å². The van der Waals surface area contributed by atoms with Crippen LogP contribution in [0.1, 0.15) is 11.4 Å². The van der Waals surface area contributed by atoms with Crippen molar-refractivity contribution >= 4 is 0 Å². The van der Waals surface area contributed by atoms with E-state index in [0.717, 1.165) is 25.2 Å². The molecule has 0 atom stereocenters. The summed E-state index contributed by atoms with van der Waals surface area (Å²) >= 11 is 0. The number of hydrogen-bond donors (Lipinski definition) is 1. The molecule has 0 radical (unpaired) electrons. The highest BCUT2D eigenvalue weighted by atomic mass is 15.1. The molecule has 2 aromatic heterocycles. The fourth-order valence-electron chi connectivity index (χ4n) is 1.66. The van der Waals surface area contributed by atoms with Crippen LogP contribution in [0.25, 0.3) is 0 Å². The number of nitrogens with one attached hydrogen (secondary N) is 1. The standard InChI is InChI=1S/C12H16N4/c1-13-8-12-9-14-10-16(12)7-5-11-4-2-3-6-15-11/h2-4,6,9-10,13H,5,7-8H2,1H3. The number of rotatable bonds is 5. The van der Waals surface area contributed by atoms with Gasteiger partial charge in [-0.25, -0.2) is 4.98 Å². The van der Waals surface area contributed by atoms with Crippen molar-refractivity contribution in [3.63, 3.8) is 0 Å². The van der Waals surface area contributed by atoms with Crippen LogP contribution in [0.15, 0.2) is 36.9 Å². The number of aromatic nitrogens is 3. The molecule has 0 unspecified atom stereocenters. The Labute approximate surface area is 95.4 Å². The van der Waals surface area contributed by atoms with Gasteiger partial charge in [-0.1, -0.05) is 6.07 Å². The molecule has 0 spiro atoms. The van der Waals surface area contributed by atoms with Crippen LogP contribution in [0.2, 0.25) is 0 Å². The first-order chi connectivity index (χ1) is 7.90. The lowest BCUT2D eigenvalue weighted by Gasteiger charge is -2.07. The zero-order valence-corrected chi connectivity index (χ0v) is 9.43. The first kappa shape index (κ1) is 10.8. The van der Waals surface area contributed by atoms with E-state index in [9.17, 15) is 0 Å². The zero-order valence-electron chi connectivity index (χ0n) is 9.43. The van der Waals surface area contributed by atoms with Crippen molar-refractivity contribution in [2.24, 2.45) is 0 Å².